The molecule has 0 N–H and O–H groups in total. The first-order valence-electron chi connectivity index (χ1n) is 28.1. The SMILES string of the molecule is CCCCCCCCCCCCC(CCCCCCCCCC)COC(=O)CCN(CCCCCC(=O)OCC(CCCCCC)CCCCCCCC)CCN(CC)CCC=O. The highest BCUT2D eigenvalue weighted by atomic mass is 16.5. The summed E-state index contributed by atoms with van der Waals surface area (Å²) >= 11 is 0. The minimum absolute atomic E-state index is 0.0428. The lowest BCUT2D eigenvalue weighted by atomic mass is 9.94. The molecule has 0 aromatic carbocycles. The molecule has 63 heavy (non-hydrogen) atoms. The maximum Gasteiger partial charge on any atom is 0.307 e. The van der Waals surface area contributed by atoms with E-state index in [9.17, 15) is 14.4 Å². The van der Waals surface area contributed by atoms with Gasteiger partial charge in [-0.1, -0.05) is 221 Å². The van der Waals surface area contributed by atoms with Gasteiger partial charge in [0.25, 0.3) is 0 Å². The van der Waals surface area contributed by atoms with E-state index in [4.69, 9.17) is 9.47 Å². The molecule has 0 rings (SSSR count). The number of unbranched alkanes of at least 4 members (excludes halogenated alkanes) is 26. The lowest BCUT2D eigenvalue weighted by molar-refractivity contribution is -0.146. The average Bonchev–Trinajstić information content (AvgIpc) is 3.29. The number of carbonyl (C=O) groups is 3. The Morgan fingerprint density at radius 3 is 1.13 bits per heavy atom. The Kier molecular flexibility index (Phi) is 48.8. The maximum atomic E-state index is 13.2. The minimum atomic E-state index is -0.0693. The molecule has 0 radical (unpaired) electrons. The summed E-state index contributed by atoms with van der Waals surface area (Å²) in [4.78, 5) is 41.9. The van der Waals surface area contributed by atoms with E-state index >= 15 is 0 Å². The van der Waals surface area contributed by atoms with Crippen molar-refractivity contribution in [2.24, 2.45) is 11.8 Å². The highest BCUT2D eigenvalue weighted by Crippen LogP contribution is 2.22. The molecule has 0 aliphatic carbocycles. The van der Waals surface area contributed by atoms with E-state index in [1.807, 2.05) is 0 Å². The van der Waals surface area contributed by atoms with E-state index in [0.29, 0.717) is 50.9 Å². The second-order valence-corrected chi connectivity index (χ2v) is 19.5. The third-order valence-electron chi connectivity index (χ3n) is 13.6. The summed E-state index contributed by atoms with van der Waals surface area (Å²) < 4.78 is 11.9. The van der Waals surface area contributed by atoms with Gasteiger partial charge >= 0.3 is 11.9 Å². The van der Waals surface area contributed by atoms with Crippen LogP contribution in [0.3, 0.4) is 0 Å². The Balaban J connectivity index is 4.97. The van der Waals surface area contributed by atoms with Gasteiger partial charge in [-0.25, -0.2) is 0 Å². The zero-order chi connectivity index (χ0) is 46.1. The second-order valence-electron chi connectivity index (χ2n) is 19.5. The van der Waals surface area contributed by atoms with Gasteiger partial charge in [0, 0.05) is 39.0 Å². The van der Waals surface area contributed by atoms with Crippen LogP contribution in [-0.2, 0) is 23.9 Å². The first-order chi connectivity index (χ1) is 30.9. The fourth-order valence-corrected chi connectivity index (χ4v) is 9.06. The number of hydrogen-bond donors (Lipinski definition) is 0. The van der Waals surface area contributed by atoms with Gasteiger partial charge in [-0.05, 0) is 63.5 Å². The molecule has 0 amide bonds. The van der Waals surface area contributed by atoms with Gasteiger partial charge < -0.3 is 24.1 Å². The van der Waals surface area contributed by atoms with Gasteiger partial charge in [0.2, 0.25) is 0 Å². The summed E-state index contributed by atoms with van der Waals surface area (Å²) in [7, 11) is 0. The van der Waals surface area contributed by atoms with E-state index in [1.54, 1.807) is 0 Å². The van der Waals surface area contributed by atoms with Gasteiger partial charge in [-0.15, -0.1) is 0 Å². The lowest BCUT2D eigenvalue weighted by Crippen LogP contribution is -2.37. The normalized spacial score (nSPS) is 12.6. The molecule has 0 spiro atoms. The number of rotatable bonds is 52. The predicted octanol–water partition coefficient (Wildman–Crippen LogP) is 16.0. The van der Waals surface area contributed by atoms with Gasteiger partial charge in [0.1, 0.15) is 6.29 Å². The molecule has 374 valence electrons. The van der Waals surface area contributed by atoms with Crippen molar-refractivity contribution in [3.63, 3.8) is 0 Å². The molecule has 0 bridgehead atoms. The summed E-state index contributed by atoms with van der Waals surface area (Å²) in [6.07, 6.45) is 47.0. The Hall–Kier alpha value is -1.47. The van der Waals surface area contributed by atoms with Crippen molar-refractivity contribution in [1.82, 2.24) is 9.80 Å². The van der Waals surface area contributed by atoms with Gasteiger partial charge in [-0.3, -0.25) is 9.59 Å². The van der Waals surface area contributed by atoms with E-state index in [2.05, 4.69) is 44.4 Å². The van der Waals surface area contributed by atoms with Crippen LogP contribution in [-0.4, -0.2) is 80.5 Å². The molecule has 0 heterocycles. The molecule has 7 heteroatoms. The van der Waals surface area contributed by atoms with Crippen molar-refractivity contribution in [2.45, 2.75) is 279 Å². The fraction of sp³-hybridized carbons (Fsp3) is 0.946. The van der Waals surface area contributed by atoms with Crippen molar-refractivity contribution in [1.29, 1.82) is 0 Å². The summed E-state index contributed by atoms with van der Waals surface area (Å²) in [5, 5.41) is 0. The fourth-order valence-electron chi connectivity index (χ4n) is 9.06. The molecule has 7 nitrogen and oxygen atoms in total. The van der Waals surface area contributed by atoms with Crippen molar-refractivity contribution >= 4 is 18.2 Å². The molecule has 0 saturated carbocycles. The Bertz CT molecular complexity index is 962. The average molecular weight is 892 g/mol. The summed E-state index contributed by atoms with van der Waals surface area (Å²) in [6, 6.07) is 0. The quantitative estimate of drug-likeness (QED) is 0.0342. The van der Waals surface area contributed by atoms with Crippen LogP contribution in [0.25, 0.3) is 0 Å². The zero-order valence-electron chi connectivity index (χ0n) is 43.2. The van der Waals surface area contributed by atoms with E-state index in [1.165, 1.54) is 205 Å². The van der Waals surface area contributed by atoms with E-state index in [0.717, 1.165) is 58.3 Å². The highest BCUT2D eigenvalue weighted by molar-refractivity contribution is 5.69. The monoisotopic (exact) mass is 891 g/mol. The van der Waals surface area contributed by atoms with Crippen molar-refractivity contribution < 1.29 is 23.9 Å². The van der Waals surface area contributed by atoms with Crippen LogP contribution < -0.4 is 0 Å². The topological polar surface area (TPSA) is 76.2 Å². The Labute approximate surface area is 393 Å². The smallest absolute Gasteiger partial charge is 0.307 e. The molecule has 0 fully saturated rings. The summed E-state index contributed by atoms with van der Waals surface area (Å²) in [5.41, 5.74) is 0. The number of ether oxygens (including phenoxy) is 2. The standard InChI is InChI=1S/C56H110N2O5/c1-6-11-15-19-22-24-25-27-30-35-42-54(41-34-29-26-23-20-16-12-7-2)52-63-56(61)44-47-58(49-48-57(10-5)46-38-50-59)45-37-31-36-43-55(60)62-51-53(39-32-18-14-9-4)40-33-28-21-17-13-8-3/h50,53-54H,6-49,51-52H2,1-5H3. The molecule has 0 aromatic rings. The molecular weight excluding hydrogens is 781 g/mol. The predicted molar refractivity (Wildman–Crippen MR) is 272 cm³/mol. The first-order valence-corrected chi connectivity index (χ1v) is 28.1. The van der Waals surface area contributed by atoms with Crippen LogP contribution in [0.2, 0.25) is 0 Å². The summed E-state index contributed by atoms with van der Waals surface area (Å²) in [5.74, 6) is 0.856. The van der Waals surface area contributed by atoms with Crippen LogP contribution in [0.4, 0.5) is 0 Å². The van der Waals surface area contributed by atoms with Gasteiger partial charge in [-0.2, -0.15) is 0 Å². The molecule has 2 unspecified atom stereocenters. The molecule has 0 saturated heterocycles. The largest absolute Gasteiger partial charge is 0.465 e. The zero-order valence-corrected chi connectivity index (χ0v) is 43.2. The van der Waals surface area contributed by atoms with Crippen molar-refractivity contribution in [3.8, 4) is 0 Å². The number of carbonyl (C=O) groups excluding carboxylic acids is 3. The third-order valence-corrected chi connectivity index (χ3v) is 13.6. The summed E-state index contributed by atoms with van der Waals surface area (Å²) in [6.45, 7) is 17.4. The van der Waals surface area contributed by atoms with Crippen LogP contribution in [0.1, 0.15) is 279 Å². The van der Waals surface area contributed by atoms with Crippen molar-refractivity contribution in [3.05, 3.63) is 0 Å². The lowest BCUT2D eigenvalue weighted by Gasteiger charge is -2.26. The van der Waals surface area contributed by atoms with Crippen LogP contribution in [0, 0.1) is 11.8 Å². The second kappa shape index (κ2) is 50.0. The van der Waals surface area contributed by atoms with E-state index < -0.39 is 0 Å². The molecule has 0 aromatic heterocycles. The highest BCUT2D eigenvalue weighted by Gasteiger charge is 2.16. The Morgan fingerprint density at radius 1 is 0.381 bits per heavy atom. The Morgan fingerprint density at radius 2 is 0.730 bits per heavy atom. The molecule has 0 aliphatic rings. The van der Waals surface area contributed by atoms with Crippen LogP contribution >= 0.6 is 0 Å². The molecular formula is C56H110N2O5. The van der Waals surface area contributed by atoms with Crippen molar-refractivity contribution in [2.75, 3.05) is 52.5 Å². The number of likely N-dealkylation sites (N-methyl/N-ethyl adjacent to an activating group) is 1. The first kappa shape index (κ1) is 61.5. The molecule has 0 aliphatic heterocycles. The van der Waals surface area contributed by atoms with Crippen LogP contribution in [0.5, 0.6) is 0 Å². The minimum Gasteiger partial charge on any atom is -0.465 e. The number of nitrogens with zero attached hydrogens (tertiary/aromatic N) is 2. The van der Waals surface area contributed by atoms with Gasteiger partial charge in [0.05, 0.1) is 19.6 Å². The van der Waals surface area contributed by atoms with Crippen LogP contribution in [0.15, 0.2) is 0 Å². The maximum absolute atomic E-state index is 13.2. The number of hydrogen-bond acceptors (Lipinski definition) is 7. The van der Waals surface area contributed by atoms with Gasteiger partial charge in [0.15, 0.2) is 0 Å². The number of esters is 2. The number of aldehydes is 1. The third kappa shape index (κ3) is 44.2. The van der Waals surface area contributed by atoms with E-state index in [-0.39, 0.29) is 11.9 Å². The molecule has 2 atom stereocenters.